The summed E-state index contributed by atoms with van der Waals surface area (Å²) in [7, 11) is 0. The van der Waals surface area contributed by atoms with E-state index in [-0.39, 0.29) is 23.7 Å². The van der Waals surface area contributed by atoms with E-state index in [0.717, 1.165) is 0 Å². The average Bonchev–Trinajstić information content (AvgIpc) is 2.55. The van der Waals surface area contributed by atoms with E-state index >= 15 is 0 Å². The Morgan fingerprint density at radius 2 is 2.06 bits per heavy atom. The highest BCUT2D eigenvalue weighted by molar-refractivity contribution is 5.96. The van der Waals surface area contributed by atoms with Crippen molar-refractivity contribution < 1.29 is 23.9 Å². The molecule has 1 heterocycles. The van der Waals surface area contributed by atoms with Crippen molar-refractivity contribution in [3.63, 3.8) is 0 Å². The first-order valence-electron chi connectivity index (χ1n) is 6.39. The van der Waals surface area contributed by atoms with Gasteiger partial charge in [-0.3, -0.25) is 14.4 Å². The van der Waals surface area contributed by atoms with Crippen LogP contribution in [-0.2, 0) is 23.9 Å². The van der Waals surface area contributed by atoms with Gasteiger partial charge in [0.05, 0.1) is 24.4 Å². The van der Waals surface area contributed by atoms with Crippen LogP contribution in [0.5, 0.6) is 0 Å². The SMILES string of the molecule is CCOC(=O)C(C)CCCC1C(=O)OC(=O)C1C. The third-order valence-corrected chi connectivity index (χ3v) is 3.32. The van der Waals surface area contributed by atoms with Crippen LogP contribution in [0.3, 0.4) is 0 Å². The van der Waals surface area contributed by atoms with Crippen LogP contribution < -0.4 is 0 Å². The predicted molar refractivity (Wildman–Crippen MR) is 63.4 cm³/mol. The lowest BCUT2D eigenvalue weighted by Gasteiger charge is -2.12. The van der Waals surface area contributed by atoms with Crippen molar-refractivity contribution in [2.24, 2.45) is 17.8 Å². The van der Waals surface area contributed by atoms with Crippen LogP contribution >= 0.6 is 0 Å². The van der Waals surface area contributed by atoms with E-state index in [1.54, 1.807) is 20.8 Å². The molecule has 3 unspecified atom stereocenters. The third-order valence-electron chi connectivity index (χ3n) is 3.32. The molecule has 3 atom stereocenters. The van der Waals surface area contributed by atoms with Gasteiger partial charge in [-0.15, -0.1) is 0 Å². The normalized spacial score (nSPS) is 24.8. The summed E-state index contributed by atoms with van der Waals surface area (Å²) < 4.78 is 9.46. The van der Waals surface area contributed by atoms with Gasteiger partial charge in [-0.2, -0.15) is 0 Å². The van der Waals surface area contributed by atoms with Gasteiger partial charge >= 0.3 is 17.9 Å². The average molecular weight is 256 g/mol. The van der Waals surface area contributed by atoms with E-state index in [4.69, 9.17) is 4.74 Å². The lowest BCUT2D eigenvalue weighted by molar-refractivity contribution is -0.153. The molecule has 0 saturated carbocycles. The first-order valence-corrected chi connectivity index (χ1v) is 6.39. The van der Waals surface area contributed by atoms with E-state index in [9.17, 15) is 14.4 Å². The lowest BCUT2D eigenvalue weighted by atomic mass is 9.90. The number of hydrogen-bond donors (Lipinski definition) is 0. The molecule has 102 valence electrons. The Labute approximate surface area is 107 Å². The number of carbonyl (C=O) groups is 3. The summed E-state index contributed by atoms with van der Waals surface area (Å²) in [6.07, 6.45) is 1.94. The molecule has 5 nitrogen and oxygen atoms in total. The number of hydrogen-bond acceptors (Lipinski definition) is 5. The van der Waals surface area contributed by atoms with Crippen LogP contribution in [0.15, 0.2) is 0 Å². The molecule has 1 aliphatic heterocycles. The highest BCUT2D eigenvalue weighted by Crippen LogP contribution is 2.28. The van der Waals surface area contributed by atoms with E-state index in [1.165, 1.54) is 0 Å². The van der Waals surface area contributed by atoms with Crippen molar-refractivity contribution in [3.8, 4) is 0 Å². The van der Waals surface area contributed by atoms with Gasteiger partial charge in [-0.05, 0) is 19.8 Å². The molecule has 1 saturated heterocycles. The monoisotopic (exact) mass is 256 g/mol. The van der Waals surface area contributed by atoms with Crippen molar-refractivity contribution in [2.45, 2.75) is 40.0 Å². The zero-order valence-electron chi connectivity index (χ0n) is 11.1. The van der Waals surface area contributed by atoms with Gasteiger partial charge in [-0.25, -0.2) is 0 Å². The molecule has 5 heteroatoms. The molecule has 0 aliphatic carbocycles. The summed E-state index contributed by atoms with van der Waals surface area (Å²) >= 11 is 0. The third kappa shape index (κ3) is 3.55. The van der Waals surface area contributed by atoms with Crippen molar-refractivity contribution >= 4 is 17.9 Å². The molecule has 0 aromatic rings. The zero-order chi connectivity index (χ0) is 13.7. The summed E-state index contributed by atoms with van der Waals surface area (Å²) in [6, 6.07) is 0. The second-order valence-corrected chi connectivity index (χ2v) is 4.72. The van der Waals surface area contributed by atoms with E-state index < -0.39 is 11.9 Å². The molecule has 0 N–H and O–H groups in total. The summed E-state index contributed by atoms with van der Waals surface area (Å²) in [5, 5.41) is 0. The Morgan fingerprint density at radius 1 is 1.39 bits per heavy atom. The maximum absolute atomic E-state index is 11.4. The second kappa shape index (κ2) is 6.52. The standard InChI is InChI=1S/C13H20O5/c1-4-17-11(14)8(2)6-5-7-10-9(3)12(15)18-13(10)16/h8-10H,4-7H2,1-3H3. The number of cyclic esters (lactones) is 2. The molecule has 0 amide bonds. The lowest BCUT2D eigenvalue weighted by Crippen LogP contribution is -2.17. The Morgan fingerprint density at radius 3 is 2.56 bits per heavy atom. The smallest absolute Gasteiger partial charge is 0.317 e. The molecular weight excluding hydrogens is 236 g/mol. The molecular formula is C13H20O5. The molecule has 18 heavy (non-hydrogen) atoms. The number of carbonyl (C=O) groups excluding carboxylic acids is 3. The van der Waals surface area contributed by atoms with E-state index in [2.05, 4.69) is 4.74 Å². The van der Waals surface area contributed by atoms with Gasteiger partial charge in [0.1, 0.15) is 0 Å². The fraction of sp³-hybridized carbons (Fsp3) is 0.769. The fourth-order valence-corrected chi connectivity index (χ4v) is 2.05. The van der Waals surface area contributed by atoms with E-state index in [1.807, 2.05) is 0 Å². The van der Waals surface area contributed by atoms with Crippen molar-refractivity contribution in [1.29, 1.82) is 0 Å². The van der Waals surface area contributed by atoms with Crippen LogP contribution in [0.4, 0.5) is 0 Å². The Kier molecular flexibility index (Phi) is 5.31. The summed E-state index contributed by atoms with van der Waals surface area (Å²) in [6.45, 7) is 5.66. The molecule has 0 spiro atoms. The minimum absolute atomic E-state index is 0.173. The van der Waals surface area contributed by atoms with Crippen LogP contribution in [-0.4, -0.2) is 24.5 Å². The first-order chi connectivity index (χ1) is 8.47. The Bertz CT molecular complexity index is 336. The van der Waals surface area contributed by atoms with Crippen molar-refractivity contribution in [3.05, 3.63) is 0 Å². The van der Waals surface area contributed by atoms with Crippen LogP contribution in [0, 0.1) is 17.8 Å². The van der Waals surface area contributed by atoms with Crippen molar-refractivity contribution in [1.82, 2.24) is 0 Å². The van der Waals surface area contributed by atoms with Crippen LogP contribution in [0.2, 0.25) is 0 Å². The predicted octanol–water partition coefficient (Wildman–Crippen LogP) is 1.69. The summed E-state index contributed by atoms with van der Waals surface area (Å²) in [5.74, 6) is -1.98. The van der Waals surface area contributed by atoms with Crippen molar-refractivity contribution in [2.75, 3.05) is 6.61 Å². The molecule has 1 fully saturated rings. The molecule has 1 rings (SSSR count). The highest BCUT2D eigenvalue weighted by atomic mass is 16.6. The summed E-state index contributed by atoms with van der Waals surface area (Å²) in [5.41, 5.74) is 0. The van der Waals surface area contributed by atoms with Gasteiger partial charge in [0.2, 0.25) is 0 Å². The zero-order valence-corrected chi connectivity index (χ0v) is 11.1. The van der Waals surface area contributed by atoms with Gasteiger partial charge in [-0.1, -0.05) is 20.3 Å². The number of esters is 3. The maximum atomic E-state index is 11.4. The number of rotatable bonds is 6. The van der Waals surface area contributed by atoms with Gasteiger partial charge < -0.3 is 9.47 Å². The second-order valence-electron chi connectivity index (χ2n) is 4.72. The van der Waals surface area contributed by atoms with Crippen LogP contribution in [0.25, 0.3) is 0 Å². The molecule has 1 aliphatic rings. The Balaban J connectivity index is 2.31. The number of ether oxygens (including phenoxy) is 2. The molecule has 0 radical (unpaired) electrons. The quantitative estimate of drug-likeness (QED) is 0.534. The fourth-order valence-electron chi connectivity index (χ4n) is 2.05. The van der Waals surface area contributed by atoms with Gasteiger partial charge in [0, 0.05) is 0 Å². The minimum atomic E-state index is -0.441. The topological polar surface area (TPSA) is 69.7 Å². The van der Waals surface area contributed by atoms with Gasteiger partial charge in [0.15, 0.2) is 0 Å². The van der Waals surface area contributed by atoms with E-state index in [0.29, 0.717) is 25.9 Å². The molecule has 0 aromatic heterocycles. The van der Waals surface area contributed by atoms with Crippen LogP contribution in [0.1, 0.15) is 40.0 Å². The first kappa shape index (κ1) is 14.7. The largest absolute Gasteiger partial charge is 0.466 e. The maximum Gasteiger partial charge on any atom is 0.317 e. The molecule has 0 bridgehead atoms. The Hall–Kier alpha value is -1.39. The highest BCUT2D eigenvalue weighted by Gasteiger charge is 2.40. The summed E-state index contributed by atoms with van der Waals surface area (Å²) in [4.78, 5) is 33.9. The van der Waals surface area contributed by atoms with Gasteiger partial charge in [0.25, 0.3) is 0 Å². The molecule has 0 aromatic carbocycles. The minimum Gasteiger partial charge on any atom is -0.466 e.